The molecule has 0 bridgehead atoms. The lowest BCUT2D eigenvalue weighted by atomic mass is 9.90. The molecule has 250 valence electrons. The molecule has 46 heavy (non-hydrogen) atoms. The van der Waals surface area contributed by atoms with Gasteiger partial charge in [0.25, 0.3) is 0 Å². The Morgan fingerprint density at radius 3 is 2.59 bits per heavy atom. The number of nitrogens with two attached hydrogens (primary N) is 1. The number of amides is 2. The minimum absolute atomic E-state index is 0.0102. The highest BCUT2D eigenvalue weighted by molar-refractivity contribution is 6.30. The predicted molar refractivity (Wildman–Crippen MR) is 179 cm³/mol. The molecule has 2 fully saturated rings. The van der Waals surface area contributed by atoms with E-state index in [0.717, 1.165) is 40.8 Å². The minimum Gasteiger partial charge on any atom is -0.446 e. The topological polar surface area (TPSA) is 124 Å². The second-order valence-corrected chi connectivity index (χ2v) is 11.7. The lowest BCUT2D eigenvalue weighted by Gasteiger charge is -2.40. The maximum atomic E-state index is 12.9. The van der Waals surface area contributed by atoms with E-state index in [4.69, 9.17) is 31.5 Å². The molecular formula is C34H47ClN6O5. The van der Waals surface area contributed by atoms with E-state index in [0.29, 0.717) is 50.8 Å². The highest BCUT2D eigenvalue weighted by Crippen LogP contribution is 2.43. The summed E-state index contributed by atoms with van der Waals surface area (Å²) >= 11 is 6.63. The van der Waals surface area contributed by atoms with Crippen LogP contribution in [0.15, 0.2) is 60.7 Å². The molecule has 2 atom stereocenters. The maximum absolute atomic E-state index is 12.9. The number of piperazine rings is 1. The van der Waals surface area contributed by atoms with E-state index in [1.54, 1.807) is 17.4 Å². The van der Waals surface area contributed by atoms with Crippen LogP contribution in [-0.2, 0) is 26.1 Å². The molecule has 0 spiro atoms. The van der Waals surface area contributed by atoms with Crippen LogP contribution >= 0.6 is 11.6 Å². The molecule has 11 nitrogen and oxygen atoms in total. The molecule has 1 aliphatic carbocycles. The van der Waals surface area contributed by atoms with E-state index in [2.05, 4.69) is 27.3 Å². The first-order chi connectivity index (χ1) is 22.4. The van der Waals surface area contributed by atoms with Crippen molar-refractivity contribution in [1.82, 2.24) is 24.7 Å². The highest BCUT2D eigenvalue weighted by Gasteiger charge is 2.34. The summed E-state index contributed by atoms with van der Waals surface area (Å²) in [6.45, 7) is 7.66. The van der Waals surface area contributed by atoms with E-state index < -0.39 is 6.04 Å². The van der Waals surface area contributed by atoms with E-state index in [1.807, 2.05) is 49.7 Å². The van der Waals surface area contributed by atoms with E-state index in [9.17, 15) is 9.59 Å². The van der Waals surface area contributed by atoms with Crippen molar-refractivity contribution in [2.75, 3.05) is 53.1 Å². The van der Waals surface area contributed by atoms with E-state index in [1.165, 1.54) is 13.3 Å². The summed E-state index contributed by atoms with van der Waals surface area (Å²) in [6.07, 6.45) is 12.7. The number of aryl methyl sites for hydroxylation is 1. The second kappa shape index (κ2) is 17.3. The van der Waals surface area contributed by atoms with Crippen molar-refractivity contribution in [3.05, 3.63) is 82.6 Å². The molecule has 3 N–H and O–H groups in total. The summed E-state index contributed by atoms with van der Waals surface area (Å²) in [5, 5.41) is 3.75. The number of aromatic nitrogens is 2. The number of fused-ring (bicyclic) bond motifs is 1. The summed E-state index contributed by atoms with van der Waals surface area (Å²) < 4.78 is 18.2. The first-order valence-corrected chi connectivity index (χ1v) is 16.4. The minimum atomic E-state index is -0.525. The van der Waals surface area contributed by atoms with Crippen LogP contribution in [-0.4, -0.2) is 90.6 Å². The number of hydrogen-bond donors (Lipinski definition) is 2. The molecule has 5 rings (SSSR count). The van der Waals surface area contributed by atoms with Gasteiger partial charge in [0.15, 0.2) is 0 Å². The summed E-state index contributed by atoms with van der Waals surface area (Å²) in [7, 11) is 3.39. The van der Waals surface area contributed by atoms with Crippen molar-refractivity contribution in [1.29, 1.82) is 0 Å². The predicted octanol–water partition coefficient (Wildman–Crippen LogP) is 4.76. The molecule has 0 unspecified atom stereocenters. The number of rotatable bonds is 8. The Bertz CT molecular complexity index is 1410. The lowest BCUT2D eigenvalue weighted by Crippen LogP contribution is -2.50. The Labute approximate surface area is 277 Å². The highest BCUT2D eigenvalue weighted by atomic mass is 35.5. The van der Waals surface area contributed by atoms with Crippen LogP contribution in [0.5, 0.6) is 0 Å². The van der Waals surface area contributed by atoms with Crippen molar-refractivity contribution in [2.24, 2.45) is 12.8 Å². The number of nitrogens with one attached hydrogen (secondary N) is 1. The summed E-state index contributed by atoms with van der Waals surface area (Å²) in [4.78, 5) is 34.4. The van der Waals surface area contributed by atoms with Crippen LogP contribution in [0.2, 0.25) is 5.02 Å². The Morgan fingerprint density at radius 1 is 1.20 bits per heavy atom. The van der Waals surface area contributed by atoms with Gasteiger partial charge < -0.3 is 34.7 Å². The third-order valence-electron chi connectivity index (χ3n) is 8.37. The van der Waals surface area contributed by atoms with Crippen LogP contribution in [0.3, 0.4) is 0 Å². The van der Waals surface area contributed by atoms with Crippen LogP contribution in [0.1, 0.15) is 62.0 Å². The van der Waals surface area contributed by atoms with Crippen molar-refractivity contribution < 1.29 is 23.8 Å². The number of benzene rings is 1. The van der Waals surface area contributed by atoms with Gasteiger partial charge in [-0.3, -0.25) is 9.69 Å². The third kappa shape index (κ3) is 8.79. The third-order valence-corrected chi connectivity index (χ3v) is 8.60. The normalized spacial score (nSPS) is 20.7. The Morgan fingerprint density at radius 2 is 1.93 bits per heavy atom. The van der Waals surface area contributed by atoms with Gasteiger partial charge in [0.1, 0.15) is 12.7 Å². The van der Waals surface area contributed by atoms with Crippen LogP contribution in [0.4, 0.5) is 4.79 Å². The summed E-state index contributed by atoms with van der Waals surface area (Å²) in [5.41, 5.74) is 10.5. The van der Waals surface area contributed by atoms with Gasteiger partial charge in [-0.25, -0.2) is 9.78 Å². The number of methoxy groups -OCH3 is 1. The second-order valence-electron chi connectivity index (χ2n) is 11.3. The molecule has 2 aliphatic heterocycles. The van der Waals surface area contributed by atoms with Gasteiger partial charge in [0.2, 0.25) is 5.91 Å². The fourth-order valence-corrected chi connectivity index (χ4v) is 6.29. The Hall–Kier alpha value is -3.64. The lowest BCUT2D eigenvalue weighted by molar-refractivity contribution is -0.125. The molecule has 12 heteroatoms. The van der Waals surface area contributed by atoms with Gasteiger partial charge in [-0.1, -0.05) is 43.7 Å². The van der Waals surface area contributed by atoms with Crippen LogP contribution in [0.25, 0.3) is 5.57 Å². The number of nitrogens with zero attached hydrogens (tertiary/aromatic N) is 4. The number of allylic oxidation sites excluding steroid dienone is 3. The molecule has 2 amide bonds. The van der Waals surface area contributed by atoms with Crippen molar-refractivity contribution in [3.8, 4) is 0 Å². The van der Waals surface area contributed by atoms with Crippen molar-refractivity contribution >= 4 is 29.2 Å². The zero-order valence-electron chi connectivity index (χ0n) is 27.3. The molecule has 1 aromatic carbocycles. The van der Waals surface area contributed by atoms with E-state index >= 15 is 0 Å². The van der Waals surface area contributed by atoms with Crippen LogP contribution in [0, 0.1) is 0 Å². The largest absolute Gasteiger partial charge is 0.446 e. The number of imidazole rings is 1. The first-order valence-electron chi connectivity index (χ1n) is 16.0. The molecule has 3 aliphatic rings. The smallest absolute Gasteiger partial charge is 0.410 e. The first kappa shape index (κ1) is 35.2. The van der Waals surface area contributed by atoms with Crippen molar-refractivity contribution in [3.63, 3.8) is 0 Å². The number of halogens is 1. The number of carbonyl (C=O) groups is 2. The number of ether oxygens (including phenoxy) is 3. The van der Waals surface area contributed by atoms with Gasteiger partial charge in [0.05, 0.1) is 37.5 Å². The number of carbonyl (C=O) groups excluding carboxylic acids is 2. The van der Waals surface area contributed by atoms with Gasteiger partial charge >= 0.3 is 6.09 Å². The van der Waals surface area contributed by atoms with E-state index in [-0.39, 0.29) is 30.8 Å². The molecule has 0 radical (unpaired) electrons. The SMILES string of the molecule is CC.COCC(=O)N[C@H](C1=C/C(=C/C=C\N)C[C@@H](N2CCN(C(=O)OC3CCOCC3)CC2)c2ccc(Cl)cc21)c1cncn1C. The van der Waals surface area contributed by atoms with Crippen molar-refractivity contribution in [2.45, 2.75) is 51.3 Å². The molecular weight excluding hydrogens is 608 g/mol. The average Bonchev–Trinajstić information content (AvgIpc) is 3.43. The van der Waals surface area contributed by atoms with Gasteiger partial charge in [-0.15, -0.1) is 0 Å². The fraction of sp³-hybridized carbons (Fsp3) is 0.500. The fourth-order valence-electron chi connectivity index (χ4n) is 6.12. The maximum Gasteiger partial charge on any atom is 0.410 e. The summed E-state index contributed by atoms with van der Waals surface area (Å²) in [5.74, 6) is -0.250. The zero-order chi connectivity index (χ0) is 33.1. The van der Waals surface area contributed by atoms with Gasteiger partial charge in [-0.2, -0.15) is 0 Å². The van der Waals surface area contributed by atoms with Gasteiger partial charge in [0, 0.05) is 64.2 Å². The molecule has 3 heterocycles. The zero-order valence-corrected chi connectivity index (χ0v) is 28.0. The van der Waals surface area contributed by atoms with Crippen LogP contribution < -0.4 is 11.1 Å². The van der Waals surface area contributed by atoms with Gasteiger partial charge in [-0.05, 0) is 53.1 Å². The Kier molecular flexibility index (Phi) is 13.3. The molecule has 2 aromatic rings. The summed E-state index contributed by atoms with van der Waals surface area (Å²) in [6, 6.07) is 5.40. The average molecular weight is 655 g/mol. The monoisotopic (exact) mass is 654 g/mol. The quantitative estimate of drug-likeness (QED) is 0.418. The standard InChI is InChI=1S/C32H41ClN6O5.C2H6/c1-37-21-35-19-29(37)31(36-30(40)20-42-2)27-16-22(4-3-9-34)17-28(25-6-5-23(33)18-26(25)27)38-10-12-39(13-11-38)32(41)44-24-7-14-43-15-8-24;1-2/h3-6,9,16,18-19,21,24,28,31H,7-8,10-15,17,20,34H2,1-2H3,(H,36,40);1-2H3/b9-3-,22-4-;/t28-,31-;/m1./s1. The molecule has 0 saturated carbocycles. The Balaban J connectivity index is 0.00000235. The number of hydrogen-bond acceptors (Lipinski definition) is 8. The molecule has 1 aromatic heterocycles. The molecule has 2 saturated heterocycles.